The van der Waals surface area contributed by atoms with Gasteiger partial charge in [-0.15, -0.1) is 0 Å². The third kappa shape index (κ3) is 1.70. The molecule has 17 heavy (non-hydrogen) atoms. The van der Waals surface area contributed by atoms with Crippen LogP contribution in [0.25, 0.3) is 5.57 Å². The summed E-state index contributed by atoms with van der Waals surface area (Å²) >= 11 is 0. The van der Waals surface area contributed by atoms with Crippen molar-refractivity contribution in [3.05, 3.63) is 77.4 Å². The first-order valence-electron chi connectivity index (χ1n) is 6.26. The minimum atomic E-state index is 0.585. The van der Waals surface area contributed by atoms with Crippen molar-refractivity contribution in [2.75, 3.05) is 0 Å². The van der Waals surface area contributed by atoms with Crippen LogP contribution < -0.4 is 0 Å². The normalized spacial score (nSPS) is 17.7. The van der Waals surface area contributed by atoms with Gasteiger partial charge < -0.3 is 0 Å². The Morgan fingerprint density at radius 1 is 0.882 bits per heavy atom. The first kappa shape index (κ1) is 10.3. The van der Waals surface area contributed by atoms with Crippen LogP contribution in [0.5, 0.6) is 0 Å². The van der Waals surface area contributed by atoms with E-state index in [-0.39, 0.29) is 0 Å². The molecule has 1 atom stereocenters. The Labute approximate surface area is 103 Å². The second-order valence-electron chi connectivity index (χ2n) is 4.55. The molecular weight excluding hydrogens is 204 g/mol. The minimum Gasteiger partial charge on any atom is -0.0685 e. The van der Waals surface area contributed by atoms with Crippen molar-refractivity contribution in [2.24, 2.45) is 0 Å². The van der Waals surface area contributed by atoms with Gasteiger partial charge in [-0.25, -0.2) is 0 Å². The molecule has 1 aliphatic carbocycles. The van der Waals surface area contributed by atoms with E-state index in [0.29, 0.717) is 5.92 Å². The van der Waals surface area contributed by atoms with Gasteiger partial charge in [-0.3, -0.25) is 0 Å². The number of hydrogen-bond donors (Lipinski definition) is 0. The van der Waals surface area contributed by atoms with Gasteiger partial charge in [0.05, 0.1) is 0 Å². The Bertz CT molecular complexity index is 549. The third-order valence-corrected chi connectivity index (χ3v) is 3.54. The zero-order valence-electron chi connectivity index (χ0n) is 10.1. The van der Waals surface area contributed by atoms with E-state index in [1.165, 1.54) is 28.7 Å². The maximum Gasteiger partial charge on any atom is 0.00309 e. The monoisotopic (exact) mass is 220 g/mol. The van der Waals surface area contributed by atoms with Gasteiger partial charge in [0, 0.05) is 5.92 Å². The minimum absolute atomic E-state index is 0.585. The second kappa shape index (κ2) is 4.21. The molecular formula is C17H16. The molecule has 0 saturated carbocycles. The molecule has 0 nitrogen and oxygen atoms in total. The van der Waals surface area contributed by atoms with Crippen molar-refractivity contribution in [2.45, 2.75) is 19.3 Å². The van der Waals surface area contributed by atoms with Crippen LogP contribution in [-0.4, -0.2) is 0 Å². The van der Waals surface area contributed by atoms with Gasteiger partial charge in [-0.1, -0.05) is 67.6 Å². The van der Waals surface area contributed by atoms with E-state index in [4.69, 9.17) is 0 Å². The first-order valence-corrected chi connectivity index (χ1v) is 6.26. The van der Waals surface area contributed by atoms with E-state index < -0.39 is 0 Å². The molecule has 2 aromatic carbocycles. The lowest BCUT2D eigenvalue weighted by Crippen LogP contribution is -1.90. The van der Waals surface area contributed by atoms with Crippen LogP contribution in [0.15, 0.2) is 60.7 Å². The molecule has 0 aromatic heterocycles. The van der Waals surface area contributed by atoms with E-state index in [9.17, 15) is 0 Å². The van der Waals surface area contributed by atoms with Crippen molar-refractivity contribution in [3.8, 4) is 0 Å². The molecule has 0 saturated heterocycles. The van der Waals surface area contributed by atoms with Crippen LogP contribution in [0, 0.1) is 0 Å². The molecule has 0 aliphatic heterocycles. The standard InChI is InChI=1S/C17H16/c1-2-13-12-17(14-8-4-3-5-9-14)16-11-7-6-10-15(13)16/h3-13H,2H2,1H3. The average molecular weight is 220 g/mol. The van der Waals surface area contributed by atoms with Crippen LogP contribution in [0.2, 0.25) is 0 Å². The lowest BCUT2D eigenvalue weighted by atomic mass is 9.97. The van der Waals surface area contributed by atoms with E-state index in [1.807, 2.05) is 0 Å². The summed E-state index contributed by atoms with van der Waals surface area (Å²) < 4.78 is 0. The van der Waals surface area contributed by atoms with E-state index in [1.54, 1.807) is 0 Å². The molecule has 0 heterocycles. The first-order chi connectivity index (χ1) is 8.40. The molecule has 1 unspecified atom stereocenters. The van der Waals surface area contributed by atoms with Crippen LogP contribution in [0.3, 0.4) is 0 Å². The predicted molar refractivity (Wildman–Crippen MR) is 73.0 cm³/mol. The summed E-state index contributed by atoms with van der Waals surface area (Å²) in [6.45, 7) is 2.26. The SMILES string of the molecule is CCC1C=C(c2ccccc2)c2ccccc21. The van der Waals surface area contributed by atoms with Gasteiger partial charge in [0.25, 0.3) is 0 Å². The van der Waals surface area contributed by atoms with Crippen molar-refractivity contribution in [1.82, 2.24) is 0 Å². The molecule has 0 amide bonds. The Kier molecular flexibility index (Phi) is 2.56. The van der Waals surface area contributed by atoms with Gasteiger partial charge in [-0.05, 0) is 28.7 Å². The fourth-order valence-electron chi connectivity index (χ4n) is 2.65. The summed E-state index contributed by atoms with van der Waals surface area (Å²) in [6, 6.07) is 19.5. The summed E-state index contributed by atoms with van der Waals surface area (Å²) in [7, 11) is 0. The highest BCUT2D eigenvalue weighted by molar-refractivity contribution is 5.85. The fraction of sp³-hybridized carbons (Fsp3) is 0.176. The largest absolute Gasteiger partial charge is 0.0685 e. The molecule has 0 spiro atoms. The number of hydrogen-bond acceptors (Lipinski definition) is 0. The van der Waals surface area contributed by atoms with Crippen LogP contribution in [-0.2, 0) is 0 Å². The van der Waals surface area contributed by atoms with Gasteiger partial charge in [-0.2, -0.15) is 0 Å². The van der Waals surface area contributed by atoms with Gasteiger partial charge in [0.1, 0.15) is 0 Å². The topological polar surface area (TPSA) is 0 Å². The summed E-state index contributed by atoms with van der Waals surface area (Å²) in [5.74, 6) is 0.585. The van der Waals surface area contributed by atoms with Crippen LogP contribution in [0.4, 0.5) is 0 Å². The Balaban J connectivity index is 2.13. The highest BCUT2D eigenvalue weighted by Gasteiger charge is 2.21. The van der Waals surface area contributed by atoms with Gasteiger partial charge >= 0.3 is 0 Å². The molecule has 0 radical (unpaired) electrons. The third-order valence-electron chi connectivity index (χ3n) is 3.54. The van der Waals surface area contributed by atoms with Crippen molar-refractivity contribution in [1.29, 1.82) is 0 Å². The van der Waals surface area contributed by atoms with E-state index in [0.717, 1.165) is 0 Å². The smallest absolute Gasteiger partial charge is 0.00309 e. The zero-order valence-corrected chi connectivity index (χ0v) is 10.1. The molecule has 1 aliphatic rings. The van der Waals surface area contributed by atoms with Crippen molar-refractivity contribution >= 4 is 5.57 Å². The van der Waals surface area contributed by atoms with Crippen LogP contribution >= 0.6 is 0 Å². The summed E-state index contributed by atoms with van der Waals surface area (Å²) in [4.78, 5) is 0. The van der Waals surface area contributed by atoms with Crippen LogP contribution in [0.1, 0.15) is 36.0 Å². The van der Waals surface area contributed by atoms with E-state index >= 15 is 0 Å². The fourth-order valence-corrected chi connectivity index (χ4v) is 2.65. The Hall–Kier alpha value is -1.82. The number of benzene rings is 2. The molecule has 0 bridgehead atoms. The molecule has 84 valence electrons. The quantitative estimate of drug-likeness (QED) is 0.692. The highest BCUT2D eigenvalue weighted by atomic mass is 14.3. The predicted octanol–water partition coefficient (Wildman–Crippen LogP) is 4.63. The Morgan fingerprint density at radius 3 is 2.35 bits per heavy atom. The summed E-state index contributed by atoms with van der Waals surface area (Å²) in [5.41, 5.74) is 5.61. The molecule has 3 rings (SSSR count). The van der Waals surface area contributed by atoms with Gasteiger partial charge in [0.15, 0.2) is 0 Å². The highest BCUT2D eigenvalue weighted by Crippen LogP contribution is 2.40. The van der Waals surface area contributed by atoms with E-state index in [2.05, 4.69) is 67.6 Å². The average Bonchev–Trinajstić information content (AvgIpc) is 2.78. The summed E-state index contributed by atoms with van der Waals surface area (Å²) in [5, 5.41) is 0. The van der Waals surface area contributed by atoms with Gasteiger partial charge in [0.2, 0.25) is 0 Å². The molecule has 0 N–H and O–H groups in total. The number of rotatable bonds is 2. The maximum atomic E-state index is 2.42. The Morgan fingerprint density at radius 2 is 1.59 bits per heavy atom. The summed E-state index contributed by atoms with van der Waals surface area (Å²) in [6.07, 6.45) is 3.59. The number of allylic oxidation sites excluding steroid dienone is 1. The maximum absolute atomic E-state index is 2.42. The zero-order chi connectivity index (χ0) is 11.7. The second-order valence-corrected chi connectivity index (χ2v) is 4.55. The number of fused-ring (bicyclic) bond motifs is 1. The lowest BCUT2D eigenvalue weighted by Gasteiger charge is -2.07. The lowest BCUT2D eigenvalue weighted by molar-refractivity contribution is 0.818. The molecule has 2 aromatic rings. The van der Waals surface area contributed by atoms with Crippen molar-refractivity contribution in [3.63, 3.8) is 0 Å². The van der Waals surface area contributed by atoms with Crippen molar-refractivity contribution < 1.29 is 0 Å². The molecule has 0 heteroatoms. The molecule has 0 fully saturated rings.